The topological polar surface area (TPSA) is 39.9 Å². The first-order valence-corrected chi connectivity index (χ1v) is 11.2. The van der Waals surface area contributed by atoms with E-state index in [1.54, 1.807) is 0 Å². The molecule has 1 aliphatic heterocycles. The monoisotopic (exact) mass is 489 g/mol. The Morgan fingerprint density at radius 2 is 1.96 bits per heavy atom. The van der Waals surface area contributed by atoms with Crippen molar-refractivity contribution in [1.29, 1.82) is 0 Å². The van der Waals surface area contributed by atoms with Crippen molar-refractivity contribution in [3.8, 4) is 11.1 Å². The minimum Gasteiger partial charge on any atom is -0.356 e. The van der Waals surface area contributed by atoms with Gasteiger partial charge in [-0.1, -0.05) is 0 Å². The van der Waals surface area contributed by atoms with E-state index in [0.29, 0.717) is 5.92 Å². The molecule has 1 saturated heterocycles. The van der Waals surface area contributed by atoms with Crippen LogP contribution in [0.1, 0.15) is 55.5 Å². The molecule has 1 atom stereocenters. The Morgan fingerprint density at radius 3 is 2.70 bits per heavy atom. The predicted molar refractivity (Wildman–Crippen MR) is 114 cm³/mol. The van der Waals surface area contributed by atoms with Gasteiger partial charge >= 0.3 is 0 Å². The fraction of sp³-hybridized carbons (Fsp3) is 0.429. The highest BCUT2D eigenvalue weighted by Crippen LogP contribution is 2.48. The zero-order valence-electron chi connectivity index (χ0n) is 15.2. The highest BCUT2D eigenvalue weighted by molar-refractivity contribution is 9.11. The predicted octanol–water partition coefficient (Wildman–Crippen LogP) is 6.51. The maximum absolute atomic E-state index is 6.05. The standard InChI is InChI=1S/C21H21Br2N3O/c1-12-8-14-10-25-26(17-4-2-3-7-27-17)21(14)15(9-12)18-16(22)11-24-20(19(18)23)13-5-6-13/h8-11,13,17H,2-7H2,1H3. The summed E-state index contributed by atoms with van der Waals surface area (Å²) in [6.07, 6.45) is 9.70. The molecule has 2 fully saturated rings. The summed E-state index contributed by atoms with van der Waals surface area (Å²) >= 11 is 7.63. The Kier molecular flexibility index (Phi) is 4.61. The summed E-state index contributed by atoms with van der Waals surface area (Å²) < 4.78 is 10.2. The van der Waals surface area contributed by atoms with Crippen molar-refractivity contribution in [2.75, 3.05) is 6.61 Å². The number of hydrogen-bond acceptors (Lipinski definition) is 3. The number of fused-ring (bicyclic) bond motifs is 1. The van der Waals surface area contributed by atoms with E-state index in [2.05, 4.69) is 60.6 Å². The summed E-state index contributed by atoms with van der Waals surface area (Å²) in [4.78, 5) is 4.69. The number of aromatic nitrogens is 3. The molecule has 0 amide bonds. The number of halogens is 2. The Hall–Kier alpha value is -1.24. The van der Waals surface area contributed by atoms with E-state index >= 15 is 0 Å². The normalized spacial score (nSPS) is 20.3. The maximum Gasteiger partial charge on any atom is 0.150 e. The van der Waals surface area contributed by atoms with Crippen LogP contribution in [0.3, 0.4) is 0 Å². The fourth-order valence-electron chi connectivity index (χ4n) is 4.04. The quantitative estimate of drug-likeness (QED) is 0.420. The molecule has 0 radical (unpaired) electrons. The van der Waals surface area contributed by atoms with Crippen LogP contribution in [0.2, 0.25) is 0 Å². The summed E-state index contributed by atoms with van der Waals surface area (Å²) in [6.45, 7) is 2.95. The van der Waals surface area contributed by atoms with Crippen LogP contribution in [0, 0.1) is 6.92 Å². The molecule has 3 heterocycles. The first kappa shape index (κ1) is 17.8. The molecule has 2 aromatic heterocycles. The summed E-state index contributed by atoms with van der Waals surface area (Å²) in [5.74, 6) is 0.582. The van der Waals surface area contributed by atoms with Gasteiger partial charge in [0.2, 0.25) is 0 Å². The van der Waals surface area contributed by atoms with E-state index in [1.807, 2.05) is 12.4 Å². The van der Waals surface area contributed by atoms with Crippen LogP contribution in [0.5, 0.6) is 0 Å². The minimum atomic E-state index is 0.0139. The zero-order valence-corrected chi connectivity index (χ0v) is 18.4. The van der Waals surface area contributed by atoms with Crippen molar-refractivity contribution < 1.29 is 4.74 Å². The highest BCUT2D eigenvalue weighted by Gasteiger charge is 2.30. The van der Waals surface area contributed by atoms with Crippen LogP contribution in [-0.4, -0.2) is 21.4 Å². The van der Waals surface area contributed by atoms with Gasteiger partial charge in [-0.15, -0.1) is 0 Å². The molecule has 0 N–H and O–H groups in total. The van der Waals surface area contributed by atoms with Crippen LogP contribution >= 0.6 is 31.9 Å². The molecule has 5 rings (SSSR count). The average molecular weight is 491 g/mol. The number of hydrogen-bond donors (Lipinski definition) is 0. The lowest BCUT2D eigenvalue weighted by molar-refractivity contribution is -0.0366. The van der Waals surface area contributed by atoms with Crippen molar-refractivity contribution in [2.24, 2.45) is 0 Å². The Labute approximate surface area is 175 Å². The number of pyridine rings is 1. The average Bonchev–Trinajstić information content (AvgIpc) is 3.41. The first-order chi connectivity index (χ1) is 13.1. The van der Waals surface area contributed by atoms with Crippen molar-refractivity contribution in [3.05, 3.63) is 44.7 Å². The molecule has 2 aliphatic rings. The van der Waals surface area contributed by atoms with E-state index in [1.165, 1.54) is 36.1 Å². The maximum atomic E-state index is 6.05. The van der Waals surface area contributed by atoms with Crippen LogP contribution in [0.15, 0.2) is 33.5 Å². The molecule has 1 unspecified atom stereocenters. The van der Waals surface area contributed by atoms with Crippen LogP contribution < -0.4 is 0 Å². The van der Waals surface area contributed by atoms with Crippen molar-refractivity contribution in [1.82, 2.24) is 14.8 Å². The second-order valence-electron chi connectivity index (χ2n) is 7.62. The molecule has 1 saturated carbocycles. The zero-order chi connectivity index (χ0) is 18.5. The molecule has 0 bridgehead atoms. The summed E-state index contributed by atoms with van der Waals surface area (Å²) in [7, 11) is 0. The molecular weight excluding hydrogens is 470 g/mol. The molecule has 140 valence electrons. The van der Waals surface area contributed by atoms with E-state index < -0.39 is 0 Å². The molecule has 3 aromatic rings. The lowest BCUT2D eigenvalue weighted by Crippen LogP contribution is -2.19. The third kappa shape index (κ3) is 3.15. The molecule has 1 aromatic carbocycles. The summed E-state index contributed by atoms with van der Waals surface area (Å²) in [5, 5.41) is 5.88. The van der Waals surface area contributed by atoms with Gasteiger partial charge in [-0.25, -0.2) is 4.68 Å². The van der Waals surface area contributed by atoms with Gasteiger partial charge in [-0.2, -0.15) is 5.10 Å². The fourth-order valence-corrected chi connectivity index (χ4v) is 5.67. The lowest BCUT2D eigenvalue weighted by atomic mass is 9.99. The van der Waals surface area contributed by atoms with E-state index in [-0.39, 0.29) is 6.23 Å². The van der Waals surface area contributed by atoms with Gasteiger partial charge in [0, 0.05) is 44.2 Å². The number of nitrogens with zero attached hydrogens (tertiary/aromatic N) is 3. The van der Waals surface area contributed by atoms with Gasteiger partial charge in [0.25, 0.3) is 0 Å². The third-order valence-electron chi connectivity index (χ3n) is 5.50. The second kappa shape index (κ2) is 6.98. The van der Waals surface area contributed by atoms with E-state index in [0.717, 1.165) is 44.9 Å². The van der Waals surface area contributed by atoms with Gasteiger partial charge in [0.15, 0.2) is 6.23 Å². The van der Waals surface area contributed by atoms with E-state index in [4.69, 9.17) is 9.84 Å². The van der Waals surface area contributed by atoms with Crippen LogP contribution in [0.25, 0.3) is 22.0 Å². The van der Waals surface area contributed by atoms with Gasteiger partial charge < -0.3 is 4.74 Å². The van der Waals surface area contributed by atoms with Crippen LogP contribution in [-0.2, 0) is 4.74 Å². The van der Waals surface area contributed by atoms with Crippen molar-refractivity contribution >= 4 is 42.8 Å². The molecule has 0 spiro atoms. The van der Waals surface area contributed by atoms with Gasteiger partial charge in [-0.3, -0.25) is 4.98 Å². The number of aryl methyl sites for hydroxylation is 1. The minimum absolute atomic E-state index is 0.0139. The Morgan fingerprint density at radius 1 is 1.11 bits per heavy atom. The molecule has 1 aliphatic carbocycles. The molecule has 27 heavy (non-hydrogen) atoms. The van der Waals surface area contributed by atoms with Crippen LogP contribution in [0.4, 0.5) is 0 Å². The number of ether oxygens (including phenoxy) is 1. The Bertz CT molecular complexity index is 1020. The van der Waals surface area contributed by atoms with Crippen molar-refractivity contribution in [3.63, 3.8) is 0 Å². The highest BCUT2D eigenvalue weighted by atomic mass is 79.9. The molecular formula is C21H21Br2N3O. The smallest absolute Gasteiger partial charge is 0.150 e. The Balaban J connectivity index is 1.76. The SMILES string of the molecule is Cc1cc(-c2c(Br)cnc(C3CC3)c2Br)c2c(cnn2C2CCCCO2)c1. The van der Waals surface area contributed by atoms with Gasteiger partial charge in [0.05, 0.1) is 17.4 Å². The molecule has 4 nitrogen and oxygen atoms in total. The first-order valence-electron chi connectivity index (χ1n) is 9.57. The number of benzene rings is 1. The second-order valence-corrected chi connectivity index (χ2v) is 9.26. The summed E-state index contributed by atoms with van der Waals surface area (Å²) in [5.41, 5.74) is 5.88. The van der Waals surface area contributed by atoms with Gasteiger partial charge in [-0.05, 0) is 88.6 Å². The lowest BCUT2D eigenvalue weighted by Gasteiger charge is -2.24. The largest absolute Gasteiger partial charge is 0.356 e. The van der Waals surface area contributed by atoms with E-state index in [9.17, 15) is 0 Å². The van der Waals surface area contributed by atoms with Gasteiger partial charge in [0.1, 0.15) is 0 Å². The third-order valence-corrected chi connectivity index (χ3v) is 6.90. The summed E-state index contributed by atoms with van der Waals surface area (Å²) in [6, 6.07) is 4.46. The van der Waals surface area contributed by atoms with Crippen molar-refractivity contribution in [2.45, 2.75) is 51.2 Å². The molecule has 6 heteroatoms. The number of rotatable bonds is 3.